The molecule has 0 spiro atoms. The van der Waals surface area contributed by atoms with Gasteiger partial charge in [-0.05, 0) is 89.4 Å². The Bertz CT molecular complexity index is 1430. The van der Waals surface area contributed by atoms with E-state index in [0.717, 1.165) is 50.2 Å². The molecule has 4 heterocycles. The number of halogens is 1. The van der Waals surface area contributed by atoms with Gasteiger partial charge in [-0.15, -0.1) is 0 Å². The predicted molar refractivity (Wildman–Crippen MR) is 163 cm³/mol. The standard InChI is InChI=1S/C34H42FN5O3/c1-34(2,3)43-33(42)39-20-16-29(23-39)37-17-13-25(14-18-37)31-30(21-36-40(31)28-11-9-27(35)10-12-28)32(41)38-19-15-26(22-38)24-7-5-4-6-8-24/h4-12,21,25-26,29H,13-20,22-23H2,1-3H3. The number of ether oxygens (including phenoxy) is 1. The summed E-state index contributed by atoms with van der Waals surface area (Å²) in [5, 5.41) is 4.69. The topological polar surface area (TPSA) is 70.9 Å². The summed E-state index contributed by atoms with van der Waals surface area (Å²) in [6.07, 6.45) is 5.09. The third kappa shape index (κ3) is 6.47. The molecule has 0 bridgehead atoms. The molecule has 3 saturated heterocycles. The van der Waals surface area contributed by atoms with Crippen molar-refractivity contribution in [3.05, 3.63) is 83.4 Å². The number of carbonyl (C=O) groups excluding carboxylic acids is 2. The molecule has 43 heavy (non-hydrogen) atoms. The van der Waals surface area contributed by atoms with Gasteiger partial charge in [-0.3, -0.25) is 9.69 Å². The average Bonchev–Trinajstić information content (AvgIpc) is 3.77. The van der Waals surface area contributed by atoms with Crippen molar-refractivity contribution >= 4 is 12.0 Å². The molecule has 228 valence electrons. The molecule has 3 aromatic rings. The van der Waals surface area contributed by atoms with E-state index in [1.165, 1.54) is 17.7 Å². The van der Waals surface area contributed by atoms with Crippen LogP contribution in [0.25, 0.3) is 5.69 Å². The Morgan fingerprint density at radius 1 is 0.837 bits per heavy atom. The van der Waals surface area contributed by atoms with Crippen molar-refractivity contribution in [2.24, 2.45) is 0 Å². The number of amides is 2. The van der Waals surface area contributed by atoms with Gasteiger partial charge in [0.05, 0.1) is 23.1 Å². The SMILES string of the molecule is CC(C)(C)OC(=O)N1CCC(N2CCC(c3c(C(=O)N4CCC(c5ccccc5)C4)cnn3-c3ccc(F)cc3)CC2)C1. The number of piperidine rings is 1. The molecule has 0 radical (unpaired) electrons. The van der Waals surface area contributed by atoms with Gasteiger partial charge >= 0.3 is 6.09 Å². The van der Waals surface area contributed by atoms with E-state index in [9.17, 15) is 14.0 Å². The first-order chi connectivity index (χ1) is 20.7. The van der Waals surface area contributed by atoms with E-state index in [0.29, 0.717) is 43.7 Å². The van der Waals surface area contributed by atoms with Gasteiger partial charge in [0, 0.05) is 44.1 Å². The van der Waals surface area contributed by atoms with E-state index in [1.54, 1.807) is 18.3 Å². The van der Waals surface area contributed by atoms with Gasteiger partial charge in [-0.2, -0.15) is 5.10 Å². The summed E-state index contributed by atoms with van der Waals surface area (Å²) in [6, 6.07) is 17.0. The number of hydrogen-bond acceptors (Lipinski definition) is 5. The minimum Gasteiger partial charge on any atom is -0.444 e. The average molecular weight is 588 g/mol. The van der Waals surface area contributed by atoms with Gasteiger partial charge < -0.3 is 14.5 Å². The maximum atomic E-state index is 14.0. The Balaban J connectivity index is 1.18. The summed E-state index contributed by atoms with van der Waals surface area (Å²) in [7, 11) is 0. The van der Waals surface area contributed by atoms with E-state index in [4.69, 9.17) is 9.84 Å². The smallest absolute Gasteiger partial charge is 0.410 e. The van der Waals surface area contributed by atoms with Crippen molar-refractivity contribution in [3.8, 4) is 5.69 Å². The quantitative estimate of drug-likeness (QED) is 0.376. The second-order valence-corrected chi connectivity index (χ2v) is 13.2. The molecule has 2 unspecified atom stereocenters. The minimum atomic E-state index is -0.506. The second-order valence-electron chi connectivity index (χ2n) is 13.2. The largest absolute Gasteiger partial charge is 0.444 e. The van der Waals surface area contributed by atoms with Crippen LogP contribution in [0.15, 0.2) is 60.8 Å². The van der Waals surface area contributed by atoms with Gasteiger partial charge in [0.15, 0.2) is 0 Å². The lowest BCUT2D eigenvalue weighted by Gasteiger charge is -2.36. The molecule has 9 heteroatoms. The van der Waals surface area contributed by atoms with Crippen LogP contribution in [0.4, 0.5) is 9.18 Å². The third-order valence-corrected chi connectivity index (χ3v) is 9.10. The fourth-order valence-electron chi connectivity index (χ4n) is 6.89. The Hall–Kier alpha value is -3.72. The van der Waals surface area contributed by atoms with Crippen LogP contribution in [0.5, 0.6) is 0 Å². The van der Waals surface area contributed by atoms with Gasteiger partial charge in [0.2, 0.25) is 0 Å². The van der Waals surface area contributed by atoms with Crippen molar-refractivity contribution in [3.63, 3.8) is 0 Å². The minimum absolute atomic E-state index is 0.0213. The number of likely N-dealkylation sites (tertiary alicyclic amines) is 3. The van der Waals surface area contributed by atoms with E-state index in [2.05, 4.69) is 29.2 Å². The molecule has 3 aliphatic heterocycles. The number of rotatable bonds is 5. The van der Waals surface area contributed by atoms with Gasteiger partial charge in [-0.25, -0.2) is 13.9 Å². The highest BCUT2D eigenvalue weighted by Crippen LogP contribution is 2.36. The highest BCUT2D eigenvalue weighted by atomic mass is 19.1. The molecule has 8 nitrogen and oxygen atoms in total. The molecule has 2 aromatic carbocycles. The summed E-state index contributed by atoms with van der Waals surface area (Å²) in [5.74, 6) is 0.186. The van der Waals surface area contributed by atoms with E-state index in [1.807, 2.05) is 41.3 Å². The highest BCUT2D eigenvalue weighted by molar-refractivity contribution is 5.95. The lowest BCUT2D eigenvalue weighted by Crippen LogP contribution is -2.44. The third-order valence-electron chi connectivity index (χ3n) is 9.10. The van der Waals surface area contributed by atoms with Crippen molar-refractivity contribution < 1.29 is 18.7 Å². The van der Waals surface area contributed by atoms with Gasteiger partial charge in [0.25, 0.3) is 5.91 Å². The number of aromatic nitrogens is 2. The molecular weight excluding hydrogens is 545 g/mol. The number of hydrogen-bond donors (Lipinski definition) is 0. The van der Waals surface area contributed by atoms with Crippen molar-refractivity contribution in [1.29, 1.82) is 0 Å². The molecule has 0 saturated carbocycles. The number of nitrogens with zero attached hydrogens (tertiary/aromatic N) is 5. The van der Waals surface area contributed by atoms with Gasteiger partial charge in [0.1, 0.15) is 11.4 Å². The zero-order chi connectivity index (χ0) is 30.1. The van der Waals surface area contributed by atoms with Crippen molar-refractivity contribution in [2.45, 2.75) is 69.9 Å². The number of benzene rings is 2. The van der Waals surface area contributed by atoms with Crippen LogP contribution in [-0.2, 0) is 4.74 Å². The van der Waals surface area contributed by atoms with Crippen LogP contribution in [-0.4, -0.2) is 87.4 Å². The molecule has 0 aliphatic carbocycles. The van der Waals surface area contributed by atoms with Crippen LogP contribution in [0.1, 0.15) is 79.9 Å². The van der Waals surface area contributed by atoms with Crippen LogP contribution in [0.3, 0.4) is 0 Å². The van der Waals surface area contributed by atoms with E-state index >= 15 is 0 Å². The van der Waals surface area contributed by atoms with Crippen LogP contribution in [0.2, 0.25) is 0 Å². The Labute approximate surface area is 253 Å². The summed E-state index contributed by atoms with van der Waals surface area (Å²) < 4.78 is 21.2. The van der Waals surface area contributed by atoms with Crippen LogP contribution >= 0.6 is 0 Å². The summed E-state index contributed by atoms with van der Waals surface area (Å²) in [5.41, 5.74) is 3.08. The first-order valence-corrected chi connectivity index (χ1v) is 15.6. The van der Waals surface area contributed by atoms with E-state index in [-0.39, 0.29) is 23.7 Å². The highest BCUT2D eigenvalue weighted by Gasteiger charge is 2.37. The van der Waals surface area contributed by atoms with Gasteiger partial charge in [-0.1, -0.05) is 30.3 Å². The zero-order valence-electron chi connectivity index (χ0n) is 25.4. The maximum Gasteiger partial charge on any atom is 0.410 e. The summed E-state index contributed by atoms with van der Waals surface area (Å²) in [4.78, 5) is 32.9. The molecule has 3 fully saturated rings. The van der Waals surface area contributed by atoms with E-state index < -0.39 is 5.60 Å². The monoisotopic (exact) mass is 587 g/mol. The van der Waals surface area contributed by atoms with Crippen molar-refractivity contribution in [2.75, 3.05) is 39.3 Å². The normalized spacial score (nSPS) is 21.9. The predicted octanol–water partition coefficient (Wildman–Crippen LogP) is 5.83. The fourth-order valence-corrected chi connectivity index (χ4v) is 6.89. The molecule has 0 N–H and O–H groups in total. The lowest BCUT2D eigenvalue weighted by molar-refractivity contribution is 0.0276. The first kappa shape index (κ1) is 29.4. The second kappa shape index (κ2) is 12.1. The lowest BCUT2D eigenvalue weighted by atomic mass is 9.89. The molecular formula is C34H42FN5O3. The molecule has 6 rings (SSSR count). The van der Waals surface area contributed by atoms with Crippen LogP contribution < -0.4 is 0 Å². The summed E-state index contributed by atoms with van der Waals surface area (Å²) >= 11 is 0. The summed E-state index contributed by atoms with van der Waals surface area (Å²) in [6.45, 7) is 10.2. The Morgan fingerprint density at radius 3 is 2.21 bits per heavy atom. The maximum absolute atomic E-state index is 14.0. The molecule has 1 aromatic heterocycles. The Morgan fingerprint density at radius 2 is 1.51 bits per heavy atom. The van der Waals surface area contributed by atoms with Crippen LogP contribution in [0, 0.1) is 5.82 Å². The Kier molecular flexibility index (Phi) is 8.27. The fraction of sp³-hybridized carbons (Fsp3) is 0.500. The molecule has 3 aliphatic rings. The molecule has 2 amide bonds. The number of carbonyl (C=O) groups is 2. The first-order valence-electron chi connectivity index (χ1n) is 15.6. The zero-order valence-corrected chi connectivity index (χ0v) is 25.4. The molecule has 2 atom stereocenters. The van der Waals surface area contributed by atoms with Crippen molar-refractivity contribution in [1.82, 2.24) is 24.5 Å².